The van der Waals surface area contributed by atoms with E-state index in [1.54, 1.807) is 0 Å². The molecule has 0 spiro atoms. The van der Waals surface area contributed by atoms with Crippen LogP contribution in [-0.2, 0) is 4.79 Å². The van der Waals surface area contributed by atoms with Gasteiger partial charge in [0.2, 0.25) is 5.91 Å². The zero-order valence-electron chi connectivity index (χ0n) is 12.1. The molecule has 1 aromatic carbocycles. The highest BCUT2D eigenvalue weighted by atomic mass is 16.6. The molecule has 0 saturated heterocycles. The van der Waals surface area contributed by atoms with Crippen molar-refractivity contribution >= 4 is 17.3 Å². The Morgan fingerprint density at radius 2 is 1.86 bits per heavy atom. The van der Waals surface area contributed by atoms with Crippen molar-refractivity contribution in [2.24, 2.45) is 17.8 Å². The Morgan fingerprint density at radius 3 is 2.41 bits per heavy atom. The van der Waals surface area contributed by atoms with Gasteiger partial charge in [-0.2, -0.15) is 0 Å². The number of hydrogen-bond donors (Lipinski definition) is 2. The third kappa shape index (κ3) is 2.81. The number of phenolic OH excluding ortho intramolecular Hbond substituents is 1. The number of non-ortho nitro benzene ring substituents is 1. The number of allylic oxidation sites excluding steroid dienone is 2. The van der Waals surface area contributed by atoms with Crippen LogP contribution in [0.5, 0.6) is 5.75 Å². The number of benzene rings is 1. The summed E-state index contributed by atoms with van der Waals surface area (Å²) in [5.74, 6) is 0.466. The lowest BCUT2D eigenvalue weighted by atomic mass is 10.1. The molecule has 1 fully saturated rings. The largest absolute Gasteiger partial charge is 0.506 e. The Bertz CT molecular complexity index is 625. The van der Waals surface area contributed by atoms with Crippen LogP contribution in [0.2, 0.25) is 0 Å². The number of anilines is 1. The zero-order valence-corrected chi connectivity index (χ0v) is 12.1. The van der Waals surface area contributed by atoms with Gasteiger partial charge in [-0.05, 0) is 43.6 Å². The predicted octanol–water partition coefficient (Wildman–Crippen LogP) is 3.23. The van der Waals surface area contributed by atoms with Crippen molar-refractivity contribution in [2.75, 3.05) is 5.32 Å². The molecule has 2 N–H and O–H groups in total. The van der Waals surface area contributed by atoms with Crippen molar-refractivity contribution < 1.29 is 14.8 Å². The zero-order chi connectivity index (χ0) is 15.7. The van der Waals surface area contributed by atoms with E-state index in [-0.39, 0.29) is 28.9 Å². The highest BCUT2D eigenvalue weighted by molar-refractivity contribution is 5.96. The quantitative estimate of drug-likeness (QED) is 0.388. The molecule has 1 saturated carbocycles. The summed E-state index contributed by atoms with van der Waals surface area (Å²) >= 11 is 0. The summed E-state index contributed by atoms with van der Waals surface area (Å²) in [6.07, 6.45) is 8.40. The van der Waals surface area contributed by atoms with Crippen LogP contribution in [0.1, 0.15) is 25.7 Å². The molecule has 1 unspecified atom stereocenters. The topological polar surface area (TPSA) is 92.5 Å². The number of hydrogen-bond acceptors (Lipinski definition) is 4. The average Bonchev–Trinajstić information content (AvgIpc) is 3.12. The lowest BCUT2D eigenvalue weighted by Crippen LogP contribution is -2.15. The first-order valence-corrected chi connectivity index (χ1v) is 7.51. The van der Waals surface area contributed by atoms with E-state index in [1.807, 2.05) is 0 Å². The van der Waals surface area contributed by atoms with Gasteiger partial charge in [-0.3, -0.25) is 14.9 Å². The maximum Gasteiger partial charge on any atom is 0.273 e. The first-order chi connectivity index (χ1) is 10.6. The summed E-state index contributed by atoms with van der Waals surface area (Å²) < 4.78 is 0. The van der Waals surface area contributed by atoms with Gasteiger partial charge in [-0.1, -0.05) is 12.2 Å². The Labute approximate surface area is 128 Å². The Balaban J connectivity index is 1.66. The molecular formula is C16H18N2O4. The summed E-state index contributed by atoms with van der Waals surface area (Å²) in [5, 5.41) is 23.2. The van der Waals surface area contributed by atoms with E-state index in [9.17, 15) is 20.0 Å². The second-order valence-electron chi connectivity index (χ2n) is 5.93. The van der Waals surface area contributed by atoms with Crippen molar-refractivity contribution in [3.63, 3.8) is 0 Å². The molecule has 22 heavy (non-hydrogen) atoms. The van der Waals surface area contributed by atoms with Crippen molar-refractivity contribution in [1.82, 2.24) is 0 Å². The standard InChI is InChI=1S/C16H18N2O4/c19-14-9-10(18(21)22)7-8-13(14)17-16(20)15-11-5-3-1-2-4-6-12(11)15/h1-2,7-9,11-12,15,19H,3-6H2,(H,17,20)/t11-,12+,15?. The summed E-state index contributed by atoms with van der Waals surface area (Å²) in [6, 6.07) is 3.70. The van der Waals surface area contributed by atoms with Crippen LogP contribution in [0.3, 0.4) is 0 Å². The number of fused-ring (bicyclic) bond motifs is 1. The Morgan fingerprint density at radius 1 is 1.23 bits per heavy atom. The number of nitro benzene ring substituents is 1. The van der Waals surface area contributed by atoms with E-state index in [1.165, 1.54) is 12.1 Å². The summed E-state index contributed by atoms with van der Waals surface area (Å²) in [6.45, 7) is 0. The Hall–Kier alpha value is -2.37. The van der Waals surface area contributed by atoms with E-state index in [0.29, 0.717) is 11.8 Å². The van der Waals surface area contributed by atoms with Crippen LogP contribution in [0.15, 0.2) is 30.4 Å². The maximum absolute atomic E-state index is 12.4. The van der Waals surface area contributed by atoms with Gasteiger partial charge >= 0.3 is 0 Å². The number of carbonyl (C=O) groups excluding carboxylic acids is 1. The third-order valence-corrected chi connectivity index (χ3v) is 4.58. The minimum atomic E-state index is -0.583. The van der Waals surface area contributed by atoms with E-state index >= 15 is 0 Å². The number of carbonyl (C=O) groups is 1. The number of rotatable bonds is 3. The average molecular weight is 302 g/mol. The maximum atomic E-state index is 12.4. The fourth-order valence-electron chi connectivity index (χ4n) is 3.39. The van der Waals surface area contributed by atoms with E-state index < -0.39 is 4.92 Å². The number of amides is 1. The molecule has 3 atom stereocenters. The van der Waals surface area contributed by atoms with E-state index in [2.05, 4.69) is 17.5 Å². The van der Waals surface area contributed by atoms with Crippen LogP contribution in [0.4, 0.5) is 11.4 Å². The number of phenols is 1. The first-order valence-electron chi connectivity index (χ1n) is 7.51. The second-order valence-corrected chi connectivity index (χ2v) is 5.93. The highest BCUT2D eigenvalue weighted by Crippen LogP contribution is 2.53. The lowest BCUT2D eigenvalue weighted by molar-refractivity contribution is -0.384. The molecular weight excluding hydrogens is 284 g/mol. The number of aromatic hydroxyl groups is 1. The van der Waals surface area contributed by atoms with Crippen LogP contribution >= 0.6 is 0 Å². The smallest absolute Gasteiger partial charge is 0.273 e. The first kappa shape index (κ1) is 14.6. The van der Waals surface area contributed by atoms with Gasteiger partial charge in [0.15, 0.2) is 0 Å². The van der Waals surface area contributed by atoms with Gasteiger partial charge in [0.1, 0.15) is 5.75 Å². The molecule has 0 aromatic heterocycles. The monoisotopic (exact) mass is 302 g/mol. The number of nitrogens with one attached hydrogen (secondary N) is 1. The van der Waals surface area contributed by atoms with Crippen molar-refractivity contribution in [1.29, 1.82) is 0 Å². The fraction of sp³-hybridized carbons (Fsp3) is 0.438. The number of nitrogens with zero attached hydrogens (tertiary/aromatic N) is 1. The van der Waals surface area contributed by atoms with Gasteiger partial charge in [0, 0.05) is 12.0 Å². The van der Waals surface area contributed by atoms with Crippen molar-refractivity contribution in [3.8, 4) is 5.75 Å². The molecule has 0 aliphatic heterocycles. The van der Waals surface area contributed by atoms with Crippen LogP contribution in [-0.4, -0.2) is 15.9 Å². The lowest BCUT2D eigenvalue weighted by Gasteiger charge is -2.07. The van der Waals surface area contributed by atoms with Crippen LogP contribution in [0, 0.1) is 27.9 Å². The molecule has 0 bridgehead atoms. The molecule has 6 heteroatoms. The van der Waals surface area contributed by atoms with Gasteiger partial charge in [-0.25, -0.2) is 0 Å². The molecule has 0 heterocycles. The fourth-order valence-corrected chi connectivity index (χ4v) is 3.39. The molecule has 2 aliphatic carbocycles. The van der Waals surface area contributed by atoms with E-state index in [4.69, 9.17) is 0 Å². The molecule has 6 nitrogen and oxygen atoms in total. The molecule has 116 valence electrons. The third-order valence-electron chi connectivity index (χ3n) is 4.58. The minimum Gasteiger partial charge on any atom is -0.506 e. The van der Waals surface area contributed by atoms with Gasteiger partial charge in [-0.15, -0.1) is 0 Å². The molecule has 2 aliphatic rings. The van der Waals surface area contributed by atoms with Gasteiger partial charge in [0.05, 0.1) is 16.7 Å². The van der Waals surface area contributed by atoms with Crippen LogP contribution < -0.4 is 5.32 Å². The summed E-state index contributed by atoms with van der Waals surface area (Å²) in [7, 11) is 0. The van der Waals surface area contributed by atoms with E-state index in [0.717, 1.165) is 31.7 Å². The summed E-state index contributed by atoms with van der Waals surface area (Å²) in [4.78, 5) is 22.4. The molecule has 0 radical (unpaired) electrons. The minimum absolute atomic E-state index is 0.00510. The molecule has 1 aromatic rings. The highest BCUT2D eigenvalue weighted by Gasteiger charge is 2.53. The van der Waals surface area contributed by atoms with Crippen molar-refractivity contribution in [2.45, 2.75) is 25.7 Å². The second kappa shape index (κ2) is 5.79. The Kier molecular flexibility index (Phi) is 3.83. The van der Waals surface area contributed by atoms with Crippen LogP contribution in [0.25, 0.3) is 0 Å². The van der Waals surface area contributed by atoms with Gasteiger partial charge < -0.3 is 10.4 Å². The van der Waals surface area contributed by atoms with Gasteiger partial charge in [0.25, 0.3) is 5.69 Å². The molecule has 1 amide bonds. The predicted molar refractivity (Wildman–Crippen MR) is 81.5 cm³/mol. The van der Waals surface area contributed by atoms with Crippen molar-refractivity contribution in [3.05, 3.63) is 40.5 Å². The normalized spacial score (nSPS) is 26.5. The molecule has 3 rings (SSSR count). The summed E-state index contributed by atoms with van der Waals surface area (Å²) in [5.41, 5.74) is 0.0302. The number of nitro groups is 1. The SMILES string of the molecule is O=C(Nc1ccc([N+](=O)[O-])cc1O)C1[C@H]2CCC=CCC[C@@H]12.